The third kappa shape index (κ3) is 3.19. The minimum absolute atomic E-state index is 0.354. The van der Waals surface area contributed by atoms with E-state index in [0.29, 0.717) is 22.2 Å². The van der Waals surface area contributed by atoms with Crippen molar-refractivity contribution in [3.8, 4) is 5.75 Å². The molecular weight excluding hydrogens is 286 g/mol. The van der Waals surface area contributed by atoms with Crippen LogP contribution in [0.5, 0.6) is 5.75 Å². The number of hydrogen-bond donors (Lipinski definition) is 2. The molecule has 0 aliphatic heterocycles. The lowest BCUT2D eigenvalue weighted by molar-refractivity contribution is 0.0701. The highest BCUT2D eigenvalue weighted by atomic mass is 35.5. The molecule has 1 aromatic carbocycles. The Morgan fingerprint density at radius 2 is 2.26 bits per heavy atom. The number of anilines is 1. The van der Waals surface area contributed by atoms with Crippen molar-refractivity contribution in [2.24, 2.45) is 0 Å². The number of carbonyl (C=O) groups is 1. The number of ether oxygens (including phenoxy) is 1. The summed E-state index contributed by atoms with van der Waals surface area (Å²) in [7, 11) is 1.55. The number of thiophene rings is 1. The molecule has 100 valence electrons. The zero-order valence-corrected chi connectivity index (χ0v) is 11.7. The third-order valence-electron chi connectivity index (χ3n) is 2.58. The van der Waals surface area contributed by atoms with Crippen LogP contribution in [0, 0.1) is 0 Å². The normalized spacial score (nSPS) is 10.2. The van der Waals surface area contributed by atoms with Crippen molar-refractivity contribution < 1.29 is 14.6 Å². The van der Waals surface area contributed by atoms with Crippen LogP contribution in [0.1, 0.15) is 15.2 Å². The van der Waals surface area contributed by atoms with Gasteiger partial charge in [-0.1, -0.05) is 11.6 Å². The van der Waals surface area contributed by atoms with Crippen LogP contribution in [0.15, 0.2) is 29.6 Å². The highest BCUT2D eigenvalue weighted by Gasteiger charge is 2.11. The van der Waals surface area contributed by atoms with Crippen molar-refractivity contribution in [1.82, 2.24) is 0 Å². The molecule has 1 aromatic heterocycles. The summed E-state index contributed by atoms with van der Waals surface area (Å²) in [6.07, 6.45) is 0. The lowest BCUT2D eigenvalue weighted by Crippen LogP contribution is -2.04. The highest BCUT2D eigenvalue weighted by molar-refractivity contribution is 7.12. The summed E-state index contributed by atoms with van der Waals surface area (Å²) in [4.78, 5) is 11.3. The van der Waals surface area contributed by atoms with E-state index in [1.165, 1.54) is 11.3 Å². The Morgan fingerprint density at radius 1 is 1.47 bits per heavy atom. The number of carboxylic acids is 1. The summed E-state index contributed by atoms with van der Waals surface area (Å²) in [5.41, 5.74) is 1.57. The molecule has 0 unspecified atom stereocenters. The second-order valence-corrected chi connectivity index (χ2v) is 5.11. The number of aromatic carboxylic acids is 1. The van der Waals surface area contributed by atoms with Gasteiger partial charge in [0.2, 0.25) is 0 Å². The first-order valence-electron chi connectivity index (χ1n) is 5.49. The van der Waals surface area contributed by atoms with Crippen LogP contribution in [-0.4, -0.2) is 18.2 Å². The molecule has 2 aromatic rings. The maximum absolute atomic E-state index is 11.0. The summed E-state index contributed by atoms with van der Waals surface area (Å²) in [5.74, 6) is -0.298. The Morgan fingerprint density at radius 3 is 2.89 bits per heavy atom. The molecule has 6 heteroatoms. The van der Waals surface area contributed by atoms with E-state index in [0.717, 1.165) is 11.3 Å². The zero-order valence-electron chi connectivity index (χ0n) is 10.1. The number of rotatable bonds is 5. The van der Waals surface area contributed by atoms with Crippen LogP contribution >= 0.6 is 22.9 Å². The second kappa shape index (κ2) is 5.95. The molecule has 0 saturated heterocycles. The average molecular weight is 298 g/mol. The molecule has 0 radical (unpaired) electrons. The van der Waals surface area contributed by atoms with E-state index < -0.39 is 5.97 Å². The zero-order chi connectivity index (χ0) is 13.8. The molecule has 0 amide bonds. The molecule has 4 nitrogen and oxygen atoms in total. The molecule has 0 aliphatic carbocycles. The Bertz CT molecular complexity index is 597. The molecule has 19 heavy (non-hydrogen) atoms. The Labute approximate surface area is 119 Å². The topological polar surface area (TPSA) is 58.6 Å². The van der Waals surface area contributed by atoms with Crippen LogP contribution in [-0.2, 0) is 6.54 Å². The standard InChI is InChI=1S/C13H12ClNO3S/c1-18-11-3-2-9(6-10(11)14)15-7-8-4-5-19-12(8)13(16)17/h2-6,15H,7H2,1H3,(H,16,17). The molecule has 0 bridgehead atoms. The molecule has 2 N–H and O–H groups in total. The molecule has 0 saturated carbocycles. The summed E-state index contributed by atoms with van der Waals surface area (Å²) in [6, 6.07) is 7.13. The van der Waals surface area contributed by atoms with Crippen LogP contribution in [0.3, 0.4) is 0 Å². The largest absolute Gasteiger partial charge is 0.495 e. The molecule has 0 spiro atoms. The average Bonchev–Trinajstić information content (AvgIpc) is 2.85. The summed E-state index contributed by atoms with van der Waals surface area (Å²) < 4.78 is 5.07. The van der Waals surface area contributed by atoms with E-state index in [1.807, 2.05) is 6.07 Å². The number of nitrogens with one attached hydrogen (secondary N) is 1. The number of methoxy groups -OCH3 is 1. The van der Waals surface area contributed by atoms with Crippen molar-refractivity contribution in [3.63, 3.8) is 0 Å². The van der Waals surface area contributed by atoms with Crippen molar-refractivity contribution >= 4 is 34.6 Å². The monoisotopic (exact) mass is 297 g/mol. The van der Waals surface area contributed by atoms with E-state index >= 15 is 0 Å². The van der Waals surface area contributed by atoms with Crippen LogP contribution < -0.4 is 10.1 Å². The first kappa shape index (κ1) is 13.7. The molecule has 0 atom stereocenters. The van der Waals surface area contributed by atoms with E-state index in [1.54, 1.807) is 30.7 Å². The molecule has 0 aliphatic rings. The quantitative estimate of drug-likeness (QED) is 0.883. The van der Waals surface area contributed by atoms with Crippen LogP contribution in [0.2, 0.25) is 5.02 Å². The second-order valence-electron chi connectivity index (χ2n) is 3.78. The Hall–Kier alpha value is -1.72. The number of carboxylic acid groups (broad SMARTS) is 1. The SMILES string of the molecule is COc1ccc(NCc2ccsc2C(=O)O)cc1Cl. The van der Waals surface area contributed by atoms with Crippen LogP contribution in [0.25, 0.3) is 0 Å². The number of hydrogen-bond acceptors (Lipinski definition) is 4. The Kier molecular flexibility index (Phi) is 4.29. The van der Waals surface area contributed by atoms with E-state index in [2.05, 4.69) is 5.32 Å². The molecule has 2 rings (SSSR count). The van der Waals surface area contributed by atoms with Gasteiger partial charge in [-0.05, 0) is 35.2 Å². The first-order chi connectivity index (χ1) is 9.11. The highest BCUT2D eigenvalue weighted by Crippen LogP contribution is 2.27. The minimum atomic E-state index is -0.903. The maximum atomic E-state index is 11.0. The van der Waals surface area contributed by atoms with E-state index in [9.17, 15) is 4.79 Å². The molecule has 0 fully saturated rings. The van der Waals surface area contributed by atoms with Gasteiger partial charge in [0.1, 0.15) is 10.6 Å². The summed E-state index contributed by atoms with van der Waals surface area (Å²) in [6.45, 7) is 0.438. The first-order valence-corrected chi connectivity index (χ1v) is 6.74. The number of benzene rings is 1. The van der Waals surface area contributed by atoms with Gasteiger partial charge in [0.25, 0.3) is 0 Å². The summed E-state index contributed by atoms with van der Waals surface area (Å²) in [5, 5.41) is 14.4. The maximum Gasteiger partial charge on any atom is 0.346 e. The molecular formula is C13H12ClNO3S. The molecule has 1 heterocycles. The predicted octanol–water partition coefficient (Wildman–Crippen LogP) is 3.72. The third-order valence-corrected chi connectivity index (χ3v) is 3.82. The van der Waals surface area contributed by atoms with Gasteiger partial charge >= 0.3 is 5.97 Å². The summed E-state index contributed by atoms with van der Waals surface area (Å²) >= 11 is 7.23. The van der Waals surface area contributed by atoms with Gasteiger partial charge in [-0.15, -0.1) is 11.3 Å². The fourth-order valence-electron chi connectivity index (χ4n) is 1.64. The fraction of sp³-hybridized carbons (Fsp3) is 0.154. The van der Waals surface area contributed by atoms with Gasteiger partial charge in [-0.25, -0.2) is 4.79 Å². The Balaban J connectivity index is 2.08. The number of halogens is 1. The van der Waals surface area contributed by atoms with Gasteiger partial charge in [-0.3, -0.25) is 0 Å². The van der Waals surface area contributed by atoms with Gasteiger partial charge in [0, 0.05) is 12.2 Å². The van der Waals surface area contributed by atoms with Crippen LogP contribution in [0.4, 0.5) is 5.69 Å². The van der Waals surface area contributed by atoms with Gasteiger partial charge in [0.05, 0.1) is 12.1 Å². The van der Waals surface area contributed by atoms with Crippen molar-refractivity contribution in [2.45, 2.75) is 6.54 Å². The van der Waals surface area contributed by atoms with E-state index in [-0.39, 0.29) is 0 Å². The van der Waals surface area contributed by atoms with Gasteiger partial charge < -0.3 is 15.2 Å². The van der Waals surface area contributed by atoms with Gasteiger partial charge in [0.15, 0.2) is 0 Å². The fourth-order valence-corrected chi connectivity index (χ4v) is 2.65. The predicted molar refractivity (Wildman–Crippen MR) is 76.6 cm³/mol. The van der Waals surface area contributed by atoms with Crippen molar-refractivity contribution in [1.29, 1.82) is 0 Å². The van der Waals surface area contributed by atoms with Gasteiger partial charge in [-0.2, -0.15) is 0 Å². The lowest BCUT2D eigenvalue weighted by atomic mass is 10.2. The lowest BCUT2D eigenvalue weighted by Gasteiger charge is -2.08. The minimum Gasteiger partial charge on any atom is -0.495 e. The van der Waals surface area contributed by atoms with Crippen molar-refractivity contribution in [3.05, 3.63) is 45.1 Å². The van der Waals surface area contributed by atoms with Crippen molar-refractivity contribution in [2.75, 3.05) is 12.4 Å². The smallest absolute Gasteiger partial charge is 0.346 e. The van der Waals surface area contributed by atoms with E-state index in [4.69, 9.17) is 21.4 Å².